The normalized spacial score (nSPS) is 10.2. The Morgan fingerprint density at radius 3 is 2.87 bits per heavy atom. The largest absolute Gasteiger partial charge is 0.481 e. The molecular formula is C13H15NO. The van der Waals surface area contributed by atoms with Crippen LogP contribution < -0.4 is 4.74 Å². The van der Waals surface area contributed by atoms with Gasteiger partial charge in [-0.2, -0.15) is 0 Å². The van der Waals surface area contributed by atoms with Gasteiger partial charge in [-0.15, -0.1) is 0 Å². The van der Waals surface area contributed by atoms with E-state index in [1.807, 2.05) is 24.3 Å². The molecule has 1 aromatic rings. The third kappa shape index (κ3) is 3.81. The molecule has 0 aliphatic carbocycles. The van der Waals surface area contributed by atoms with Crippen molar-refractivity contribution in [3.05, 3.63) is 60.9 Å². The van der Waals surface area contributed by atoms with Gasteiger partial charge in [0, 0.05) is 12.3 Å². The zero-order valence-electron chi connectivity index (χ0n) is 8.94. The molecular weight excluding hydrogens is 186 g/mol. The number of aromatic nitrogens is 1. The minimum Gasteiger partial charge on any atom is -0.481 e. The van der Waals surface area contributed by atoms with E-state index in [0.29, 0.717) is 5.88 Å². The molecule has 1 heterocycles. The molecule has 0 bridgehead atoms. The molecule has 15 heavy (non-hydrogen) atoms. The van der Waals surface area contributed by atoms with Crippen molar-refractivity contribution in [2.75, 3.05) is 7.11 Å². The van der Waals surface area contributed by atoms with Gasteiger partial charge in [0.2, 0.25) is 5.88 Å². The minimum absolute atomic E-state index is 0.631. The number of pyridine rings is 1. The number of allylic oxidation sites excluding steroid dienone is 4. The van der Waals surface area contributed by atoms with Crippen molar-refractivity contribution in [2.24, 2.45) is 0 Å². The third-order valence-electron chi connectivity index (χ3n) is 1.91. The van der Waals surface area contributed by atoms with Gasteiger partial charge >= 0.3 is 0 Å². The predicted octanol–water partition coefficient (Wildman–Crippen LogP) is 2.93. The summed E-state index contributed by atoms with van der Waals surface area (Å²) in [6, 6.07) is 3.83. The highest BCUT2D eigenvalue weighted by Gasteiger charge is 1.96. The minimum atomic E-state index is 0.631. The lowest BCUT2D eigenvalue weighted by molar-refractivity contribution is 0.397. The topological polar surface area (TPSA) is 22.1 Å². The van der Waals surface area contributed by atoms with Crippen molar-refractivity contribution >= 4 is 0 Å². The van der Waals surface area contributed by atoms with E-state index < -0.39 is 0 Å². The summed E-state index contributed by atoms with van der Waals surface area (Å²) in [4.78, 5) is 4.12. The second-order valence-corrected chi connectivity index (χ2v) is 3.14. The van der Waals surface area contributed by atoms with E-state index in [4.69, 9.17) is 4.74 Å². The molecule has 0 spiro atoms. The summed E-state index contributed by atoms with van der Waals surface area (Å²) in [5.74, 6) is 0.631. The average Bonchev–Trinajstić information content (AvgIpc) is 2.27. The SMILES string of the molecule is C=C/C=C/C(=C)Cc1ccc(OC)nc1. The van der Waals surface area contributed by atoms with Crippen LogP contribution in [0.4, 0.5) is 0 Å². The van der Waals surface area contributed by atoms with E-state index in [-0.39, 0.29) is 0 Å². The van der Waals surface area contributed by atoms with Crippen molar-refractivity contribution in [1.82, 2.24) is 4.98 Å². The van der Waals surface area contributed by atoms with Gasteiger partial charge in [0.15, 0.2) is 0 Å². The molecule has 0 radical (unpaired) electrons. The Kier molecular flexibility index (Phi) is 4.35. The van der Waals surface area contributed by atoms with Crippen LogP contribution in [-0.4, -0.2) is 12.1 Å². The van der Waals surface area contributed by atoms with Crippen molar-refractivity contribution in [2.45, 2.75) is 6.42 Å². The van der Waals surface area contributed by atoms with Gasteiger partial charge in [-0.25, -0.2) is 4.98 Å². The Morgan fingerprint density at radius 1 is 1.53 bits per heavy atom. The summed E-state index contributed by atoms with van der Waals surface area (Å²) in [7, 11) is 1.60. The molecule has 0 N–H and O–H groups in total. The fourth-order valence-electron chi connectivity index (χ4n) is 1.16. The number of hydrogen-bond donors (Lipinski definition) is 0. The van der Waals surface area contributed by atoms with Crippen LogP contribution in [0.3, 0.4) is 0 Å². The second-order valence-electron chi connectivity index (χ2n) is 3.14. The number of ether oxygens (including phenoxy) is 1. The predicted molar refractivity (Wildman–Crippen MR) is 63.0 cm³/mol. The number of nitrogens with zero attached hydrogens (tertiary/aromatic N) is 1. The molecule has 0 unspecified atom stereocenters. The van der Waals surface area contributed by atoms with Gasteiger partial charge in [0.1, 0.15) is 0 Å². The zero-order valence-corrected chi connectivity index (χ0v) is 8.94. The van der Waals surface area contributed by atoms with Gasteiger partial charge in [-0.05, 0) is 12.0 Å². The summed E-state index contributed by atoms with van der Waals surface area (Å²) < 4.78 is 4.98. The third-order valence-corrected chi connectivity index (χ3v) is 1.91. The van der Waals surface area contributed by atoms with Gasteiger partial charge in [0.25, 0.3) is 0 Å². The number of hydrogen-bond acceptors (Lipinski definition) is 2. The van der Waals surface area contributed by atoms with Crippen LogP contribution in [0.1, 0.15) is 5.56 Å². The van der Waals surface area contributed by atoms with Gasteiger partial charge in [0.05, 0.1) is 7.11 Å². The van der Waals surface area contributed by atoms with Crippen LogP contribution in [0.5, 0.6) is 5.88 Å². The maximum absolute atomic E-state index is 4.98. The molecule has 0 aromatic carbocycles. The molecule has 78 valence electrons. The Hall–Kier alpha value is -1.83. The van der Waals surface area contributed by atoms with Crippen LogP contribution in [0.15, 0.2) is 55.3 Å². The summed E-state index contributed by atoms with van der Waals surface area (Å²) >= 11 is 0. The van der Waals surface area contributed by atoms with E-state index in [1.165, 1.54) is 0 Å². The van der Waals surface area contributed by atoms with E-state index in [9.17, 15) is 0 Å². The smallest absolute Gasteiger partial charge is 0.212 e. The lowest BCUT2D eigenvalue weighted by Gasteiger charge is -2.02. The quantitative estimate of drug-likeness (QED) is 0.683. The summed E-state index contributed by atoms with van der Waals surface area (Å²) in [6.45, 7) is 7.54. The molecule has 0 amide bonds. The first-order valence-corrected chi connectivity index (χ1v) is 4.72. The highest BCUT2D eigenvalue weighted by atomic mass is 16.5. The average molecular weight is 201 g/mol. The first kappa shape index (κ1) is 11.2. The van der Waals surface area contributed by atoms with Crippen LogP contribution in [0.25, 0.3) is 0 Å². The van der Waals surface area contributed by atoms with E-state index in [2.05, 4.69) is 18.1 Å². The fourth-order valence-corrected chi connectivity index (χ4v) is 1.16. The maximum Gasteiger partial charge on any atom is 0.212 e. The van der Waals surface area contributed by atoms with Crippen molar-refractivity contribution < 1.29 is 4.74 Å². The fraction of sp³-hybridized carbons (Fsp3) is 0.154. The summed E-state index contributed by atoms with van der Waals surface area (Å²) in [5.41, 5.74) is 2.15. The first-order valence-electron chi connectivity index (χ1n) is 4.72. The molecule has 0 atom stereocenters. The van der Waals surface area contributed by atoms with Crippen LogP contribution in [0.2, 0.25) is 0 Å². The van der Waals surface area contributed by atoms with Crippen LogP contribution in [0, 0.1) is 0 Å². The van der Waals surface area contributed by atoms with Crippen molar-refractivity contribution in [3.63, 3.8) is 0 Å². The first-order chi connectivity index (χ1) is 7.26. The molecule has 2 nitrogen and oxygen atoms in total. The highest BCUT2D eigenvalue weighted by Crippen LogP contribution is 2.10. The van der Waals surface area contributed by atoms with Crippen LogP contribution >= 0.6 is 0 Å². The standard InChI is InChI=1S/C13H15NO/c1-4-5-6-11(2)9-12-7-8-13(15-3)14-10-12/h4-8,10H,1-2,9H2,3H3/b6-5+. The molecule has 0 aliphatic heterocycles. The van der Waals surface area contributed by atoms with Crippen molar-refractivity contribution in [1.29, 1.82) is 0 Å². The Labute approximate surface area is 90.6 Å². The second kappa shape index (κ2) is 5.81. The monoisotopic (exact) mass is 201 g/mol. The Balaban J connectivity index is 2.60. The number of rotatable bonds is 5. The van der Waals surface area contributed by atoms with Crippen LogP contribution in [-0.2, 0) is 6.42 Å². The highest BCUT2D eigenvalue weighted by molar-refractivity contribution is 5.27. The Morgan fingerprint density at radius 2 is 2.33 bits per heavy atom. The maximum atomic E-state index is 4.98. The van der Waals surface area contributed by atoms with Gasteiger partial charge < -0.3 is 4.74 Å². The molecule has 0 fully saturated rings. The Bertz CT molecular complexity index is 363. The lowest BCUT2D eigenvalue weighted by atomic mass is 10.1. The number of methoxy groups -OCH3 is 1. The van der Waals surface area contributed by atoms with E-state index in [1.54, 1.807) is 19.4 Å². The molecule has 1 aromatic heterocycles. The molecule has 0 saturated heterocycles. The van der Waals surface area contributed by atoms with E-state index >= 15 is 0 Å². The molecule has 0 aliphatic rings. The summed E-state index contributed by atoms with van der Waals surface area (Å²) in [5, 5.41) is 0. The molecule has 1 rings (SSSR count). The van der Waals surface area contributed by atoms with Gasteiger partial charge in [-0.3, -0.25) is 0 Å². The molecule has 0 saturated carbocycles. The van der Waals surface area contributed by atoms with E-state index in [0.717, 1.165) is 17.6 Å². The lowest BCUT2D eigenvalue weighted by Crippen LogP contribution is -1.91. The summed E-state index contributed by atoms with van der Waals surface area (Å²) in [6.07, 6.45) is 8.14. The molecule has 2 heteroatoms. The van der Waals surface area contributed by atoms with Crippen molar-refractivity contribution in [3.8, 4) is 5.88 Å². The van der Waals surface area contributed by atoms with Gasteiger partial charge in [-0.1, -0.05) is 43.0 Å². The zero-order chi connectivity index (χ0) is 11.1.